The zero-order chi connectivity index (χ0) is 21.2. The number of aliphatic hydroxyl groups excluding tert-OH is 1. The van der Waals surface area contributed by atoms with Gasteiger partial charge in [0.1, 0.15) is 0 Å². The van der Waals surface area contributed by atoms with Crippen LogP contribution >= 0.6 is 11.3 Å². The fourth-order valence-corrected chi connectivity index (χ4v) is 5.31. The lowest BCUT2D eigenvalue weighted by Gasteiger charge is -2.27. The van der Waals surface area contributed by atoms with Crippen LogP contribution < -0.4 is 15.8 Å². The predicted molar refractivity (Wildman–Crippen MR) is 122 cm³/mol. The molecule has 0 radical (unpaired) electrons. The van der Waals surface area contributed by atoms with Crippen LogP contribution in [0.1, 0.15) is 31.2 Å². The van der Waals surface area contributed by atoms with Crippen molar-refractivity contribution in [3.63, 3.8) is 0 Å². The SMILES string of the molecule is O=c1c(N2CCOCC2)nccn1Cc1ccc2nc(N[C@@H]3CCCC[C@H]3O)sc2c1. The topological polar surface area (TPSA) is 92.5 Å². The number of hydrogen-bond acceptors (Lipinski definition) is 8. The zero-order valence-electron chi connectivity index (χ0n) is 17.4. The van der Waals surface area contributed by atoms with Crippen molar-refractivity contribution in [2.24, 2.45) is 0 Å². The van der Waals surface area contributed by atoms with Gasteiger partial charge in [-0.25, -0.2) is 9.97 Å². The number of benzene rings is 1. The summed E-state index contributed by atoms with van der Waals surface area (Å²) < 4.78 is 8.16. The first kappa shape index (κ1) is 20.4. The van der Waals surface area contributed by atoms with E-state index in [1.165, 1.54) is 0 Å². The minimum atomic E-state index is -0.310. The molecule has 0 spiro atoms. The van der Waals surface area contributed by atoms with Crippen LogP contribution in [-0.4, -0.2) is 58.1 Å². The van der Waals surface area contributed by atoms with Crippen molar-refractivity contribution >= 4 is 32.5 Å². The second-order valence-corrected chi connectivity index (χ2v) is 9.24. The Balaban J connectivity index is 1.34. The van der Waals surface area contributed by atoms with E-state index in [1.807, 2.05) is 17.0 Å². The number of hydrogen-bond donors (Lipinski definition) is 2. The molecule has 5 rings (SSSR count). The van der Waals surface area contributed by atoms with Crippen LogP contribution in [0.5, 0.6) is 0 Å². The number of fused-ring (bicyclic) bond motifs is 1. The van der Waals surface area contributed by atoms with E-state index < -0.39 is 0 Å². The summed E-state index contributed by atoms with van der Waals surface area (Å²) in [5, 5.41) is 14.5. The van der Waals surface area contributed by atoms with Crippen LogP contribution in [-0.2, 0) is 11.3 Å². The second kappa shape index (κ2) is 8.94. The number of nitrogens with one attached hydrogen (secondary N) is 1. The van der Waals surface area contributed by atoms with Crippen molar-refractivity contribution in [3.05, 3.63) is 46.5 Å². The van der Waals surface area contributed by atoms with Gasteiger partial charge in [-0.05, 0) is 30.5 Å². The minimum Gasteiger partial charge on any atom is -0.391 e. The summed E-state index contributed by atoms with van der Waals surface area (Å²) in [6.07, 6.45) is 7.16. The van der Waals surface area contributed by atoms with E-state index in [0.29, 0.717) is 38.7 Å². The highest BCUT2D eigenvalue weighted by Crippen LogP contribution is 2.30. The molecule has 2 fully saturated rings. The maximum absolute atomic E-state index is 13.0. The number of rotatable bonds is 5. The standard InChI is InChI=1S/C22H27N5O3S/c28-18-4-2-1-3-16(18)24-22-25-17-6-5-15(13-19(17)31-22)14-27-8-7-23-20(21(27)29)26-9-11-30-12-10-26/h5-8,13,16,18,28H,1-4,9-12,14H2,(H,24,25)/t16-,18-/m1/s1. The molecule has 31 heavy (non-hydrogen) atoms. The summed E-state index contributed by atoms with van der Waals surface area (Å²) in [6, 6.07) is 6.18. The Morgan fingerprint density at radius 2 is 2.06 bits per heavy atom. The number of aromatic nitrogens is 3. The van der Waals surface area contributed by atoms with E-state index in [1.54, 1.807) is 28.3 Å². The minimum absolute atomic E-state index is 0.0720. The third-order valence-corrected chi connectivity index (χ3v) is 7.00. The fraction of sp³-hybridized carbons (Fsp3) is 0.500. The fourth-order valence-electron chi connectivity index (χ4n) is 4.32. The summed E-state index contributed by atoms with van der Waals surface area (Å²) >= 11 is 1.59. The van der Waals surface area contributed by atoms with Crippen molar-refractivity contribution in [1.82, 2.24) is 14.5 Å². The molecule has 3 aromatic rings. The van der Waals surface area contributed by atoms with Crippen LogP contribution in [0.3, 0.4) is 0 Å². The van der Waals surface area contributed by atoms with Crippen molar-refractivity contribution in [1.29, 1.82) is 0 Å². The van der Waals surface area contributed by atoms with Gasteiger partial charge in [-0.3, -0.25) is 4.79 Å². The molecule has 3 heterocycles. The number of anilines is 2. The first-order valence-electron chi connectivity index (χ1n) is 10.9. The van der Waals surface area contributed by atoms with Crippen molar-refractivity contribution < 1.29 is 9.84 Å². The van der Waals surface area contributed by atoms with Crippen molar-refractivity contribution in [2.75, 3.05) is 36.5 Å². The van der Waals surface area contributed by atoms with Gasteiger partial charge in [-0.2, -0.15) is 0 Å². The number of ether oxygens (including phenoxy) is 1. The van der Waals surface area contributed by atoms with E-state index in [9.17, 15) is 9.90 Å². The molecule has 1 saturated heterocycles. The summed E-state index contributed by atoms with van der Waals surface area (Å²) in [7, 11) is 0. The number of morpholine rings is 1. The summed E-state index contributed by atoms with van der Waals surface area (Å²) in [4.78, 5) is 24.0. The van der Waals surface area contributed by atoms with Gasteiger partial charge in [0.15, 0.2) is 10.9 Å². The van der Waals surface area contributed by atoms with E-state index in [2.05, 4.69) is 21.4 Å². The van der Waals surface area contributed by atoms with Crippen LogP contribution in [0.25, 0.3) is 10.2 Å². The molecule has 2 aliphatic rings. The molecule has 164 valence electrons. The Bertz CT molecular complexity index is 1110. The normalized spacial score (nSPS) is 22.0. The third-order valence-electron chi connectivity index (χ3n) is 6.05. The lowest BCUT2D eigenvalue weighted by Crippen LogP contribution is -2.41. The van der Waals surface area contributed by atoms with E-state index >= 15 is 0 Å². The molecule has 0 amide bonds. The average molecular weight is 442 g/mol. The van der Waals surface area contributed by atoms with E-state index in [-0.39, 0.29) is 17.7 Å². The predicted octanol–water partition coefficient (Wildman–Crippen LogP) is 2.45. The summed E-state index contributed by atoms with van der Waals surface area (Å²) in [5.41, 5.74) is 1.89. The average Bonchev–Trinajstić information content (AvgIpc) is 3.19. The molecule has 0 unspecified atom stereocenters. The Morgan fingerprint density at radius 3 is 2.90 bits per heavy atom. The first-order chi connectivity index (χ1) is 15.2. The summed E-state index contributed by atoms with van der Waals surface area (Å²) in [6.45, 7) is 3.09. The molecule has 9 heteroatoms. The van der Waals surface area contributed by atoms with Gasteiger partial charge < -0.3 is 24.6 Å². The van der Waals surface area contributed by atoms with Crippen LogP contribution in [0, 0.1) is 0 Å². The Kier molecular flexibility index (Phi) is 5.89. The molecule has 2 N–H and O–H groups in total. The smallest absolute Gasteiger partial charge is 0.293 e. The molecule has 1 aliphatic carbocycles. The lowest BCUT2D eigenvalue weighted by atomic mass is 9.93. The Hall–Kier alpha value is -2.49. The highest BCUT2D eigenvalue weighted by molar-refractivity contribution is 7.22. The Morgan fingerprint density at radius 1 is 1.23 bits per heavy atom. The summed E-state index contributed by atoms with van der Waals surface area (Å²) in [5.74, 6) is 0.488. The molecule has 0 bridgehead atoms. The Labute approximate surface area is 184 Å². The number of thiazole rings is 1. The quantitative estimate of drug-likeness (QED) is 0.628. The van der Waals surface area contributed by atoms with E-state index in [0.717, 1.165) is 46.6 Å². The molecular weight excluding hydrogens is 414 g/mol. The molecule has 2 aromatic heterocycles. The van der Waals surface area contributed by atoms with Gasteiger partial charge >= 0.3 is 0 Å². The molecule has 2 atom stereocenters. The van der Waals surface area contributed by atoms with Crippen LogP contribution in [0.2, 0.25) is 0 Å². The first-order valence-corrected chi connectivity index (χ1v) is 11.7. The second-order valence-electron chi connectivity index (χ2n) is 8.21. The van der Waals surface area contributed by atoms with Gasteiger partial charge in [0, 0.05) is 25.5 Å². The molecule has 1 aromatic carbocycles. The highest BCUT2D eigenvalue weighted by Gasteiger charge is 2.23. The van der Waals surface area contributed by atoms with Gasteiger partial charge in [-0.15, -0.1) is 0 Å². The van der Waals surface area contributed by atoms with Crippen molar-refractivity contribution in [2.45, 2.75) is 44.4 Å². The highest BCUT2D eigenvalue weighted by atomic mass is 32.1. The van der Waals surface area contributed by atoms with Crippen LogP contribution in [0.4, 0.5) is 10.9 Å². The molecule has 1 saturated carbocycles. The van der Waals surface area contributed by atoms with Gasteiger partial charge in [0.2, 0.25) is 0 Å². The van der Waals surface area contributed by atoms with Crippen molar-refractivity contribution in [3.8, 4) is 0 Å². The number of nitrogens with zero attached hydrogens (tertiary/aromatic N) is 4. The molecule has 1 aliphatic heterocycles. The van der Waals surface area contributed by atoms with Gasteiger partial charge in [0.25, 0.3) is 5.56 Å². The maximum atomic E-state index is 13.0. The monoisotopic (exact) mass is 441 g/mol. The lowest BCUT2D eigenvalue weighted by molar-refractivity contribution is 0.116. The molecule has 8 nitrogen and oxygen atoms in total. The number of aliphatic hydroxyl groups is 1. The van der Waals surface area contributed by atoms with Gasteiger partial charge in [0.05, 0.1) is 42.1 Å². The van der Waals surface area contributed by atoms with E-state index in [4.69, 9.17) is 4.74 Å². The largest absolute Gasteiger partial charge is 0.391 e. The molecular formula is C22H27N5O3S. The third kappa shape index (κ3) is 4.44. The van der Waals surface area contributed by atoms with Gasteiger partial charge in [-0.1, -0.05) is 30.2 Å². The zero-order valence-corrected chi connectivity index (χ0v) is 18.2. The maximum Gasteiger partial charge on any atom is 0.293 e. The van der Waals surface area contributed by atoms with Crippen LogP contribution in [0.15, 0.2) is 35.4 Å².